The molecule has 6 nitrogen and oxygen atoms in total. The Morgan fingerprint density at radius 1 is 1.64 bits per heavy atom. The van der Waals surface area contributed by atoms with Crippen molar-refractivity contribution in [2.75, 3.05) is 7.11 Å². The molecular weight excluding hydrogens is 188 g/mol. The Balaban J connectivity index is 3.60. The summed E-state index contributed by atoms with van der Waals surface area (Å²) >= 11 is 0. The van der Waals surface area contributed by atoms with Gasteiger partial charge in [-0.3, -0.25) is 4.79 Å². The van der Waals surface area contributed by atoms with Crippen LogP contribution in [0.2, 0.25) is 0 Å². The van der Waals surface area contributed by atoms with Gasteiger partial charge < -0.3 is 9.84 Å². The van der Waals surface area contributed by atoms with Gasteiger partial charge in [-0.1, -0.05) is 6.92 Å². The van der Waals surface area contributed by atoms with Crippen LogP contribution < -0.4 is 5.43 Å². The molecule has 0 heterocycles. The molecule has 0 bridgehead atoms. The number of ether oxygens (including phenoxy) is 1. The Bertz CT molecular complexity index is 227. The summed E-state index contributed by atoms with van der Waals surface area (Å²) in [5.41, 5.74) is 2.10. The van der Waals surface area contributed by atoms with Crippen molar-refractivity contribution in [3.8, 4) is 0 Å². The molecule has 0 aliphatic carbocycles. The van der Waals surface area contributed by atoms with E-state index in [1.807, 2.05) is 0 Å². The number of nitrogens with one attached hydrogen (secondary N) is 1. The molecule has 0 aromatic rings. The number of carbonyl (C=O) groups excluding carboxylic acids is 1. The van der Waals surface area contributed by atoms with Gasteiger partial charge in [0.05, 0.1) is 7.11 Å². The second kappa shape index (κ2) is 6.88. The van der Waals surface area contributed by atoms with E-state index in [0.29, 0.717) is 6.42 Å². The number of rotatable bonds is 5. The second-order valence-corrected chi connectivity index (χ2v) is 2.85. The third kappa shape index (κ3) is 7.08. The first-order valence-electron chi connectivity index (χ1n) is 4.13. The molecule has 0 saturated carbocycles. The fourth-order valence-corrected chi connectivity index (χ4v) is 0.758. The molecule has 0 saturated heterocycles. The fraction of sp³-hybridized carbons (Fsp3) is 0.625. The van der Waals surface area contributed by atoms with Crippen molar-refractivity contribution in [2.24, 2.45) is 11.0 Å². The van der Waals surface area contributed by atoms with Crippen LogP contribution in [0.1, 0.15) is 19.8 Å². The molecule has 1 unspecified atom stereocenters. The van der Waals surface area contributed by atoms with Crippen molar-refractivity contribution in [1.29, 1.82) is 0 Å². The summed E-state index contributed by atoms with van der Waals surface area (Å²) < 4.78 is 4.26. The molecular formula is C8H14N2O4. The molecule has 0 radical (unpaired) electrons. The highest BCUT2D eigenvalue weighted by Crippen LogP contribution is 2.04. The summed E-state index contributed by atoms with van der Waals surface area (Å²) in [6.07, 6.45) is 1.39. The largest absolute Gasteiger partial charge is 0.481 e. The molecule has 0 aliphatic rings. The topological polar surface area (TPSA) is 88.0 Å². The van der Waals surface area contributed by atoms with Crippen LogP contribution in [-0.2, 0) is 9.53 Å². The molecule has 0 aliphatic heterocycles. The van der Waals surface area contributed by atoms with Crippen LogP contribution in [0.3, 0.4) is 0 Å². The van der Waals surface area contributed by atoms with Crippen molar-refractivity contribution < 1.29 is 19.4 Å². The predicted octanol–water partition coefficient (Wildman–Crippen LogP) is 0.829. The molecule has 0 fully saturated rings. The number of nitrogens with zero attached hydrogens (tertiary/aromatic N) is 1. The van der Waals surface area contributed by atoms with Gasteiger partial charge in [0.15, 0.2) is 0 Å². The zero-order valence-electron chi connectivity index (χ0n) is 8.19. The van der Waals surface area contributed by atoms with E-state index in [-0.39, 0.29) is 12.3 Å². The first-order chi connectivity index (χ1) is 6.56. The van der Waals surface area contributed by atoms with Gasteiger partial charge in [-0.25, -0.2) is 10.2 Å². The fourth-order valence-electron chi connectivity index (χ4n) is 0.758. The van der Waals surface area contributed by atoms with Gasteiger partial charge in [-0.05, 0) is 12.3 Å². The van der Waals surface area contributed by atoms with Crippen molar-refractivity contribution in [2.45, 2.75) is 19.8 Å². The Hall–Kier alpha value is -1.59. The Labute approximate surface area is 81.9 Å². The maximum atomic E-state index is 10.5. The zero-order chi connectivity index (χ0) is 11.0. The summed E-state index contributed by atoms with van der Waals surface area (Å²) in [7, 11) is 1.23. The quantitative estimate of drug-likeness (QED) is 0.510. The molecule has 6 heteroatoms. The first-order valence-corrected chi connectivity index (χ1v) is 4.13. The van der Waals surface area contributed by atoms with Gasteiger partial charge in [0, 0.05) is 12.6 Å². The summed E-state index contributed by atoms with van der Waals surface area (Å²) in [6, 6.07) is 0. The van der Waals surface area contributed by atoms with E-state index in [1.165, 1.54) is 13.3 Å². The van der Waals surface area contributed by atoms with Gasteiger partial charge in [0.25, 0.3) is 0 Å². The predicted molar refractivity (Wildman–Crippen MR) is 50.1 cm³/mol. The molecule has 0 spiro atoms. The highest BCUT2D eigenvalue weighted by Gasteiger charge is 2.05. The van der Waals surface area contributed by atoms with Gasteiger partial charge in [0.2, 0.25) is 0 Å². The average Bonchev–Trinajstić information content (AvgIpc) is 2.10. The third-order valence-electron chi connectivity index (χ3n) is 1.46. The van der Waals surface area contributed by atoms with Crippen LogP contribution >= 0.6 is 0 Å². The Kier molecular flexibility index (Phi) is 6.09. The number of carbonyl (C=O) groups is 2. The lowest BCUT2D eigenvalue weighted by atomic mass is 10.1. The average molecular weight is 202 g/mol. The Morgan fingerprint density at radius 2 is 2.29 bits per heavy atom. The number of hydrogen-bond acceptors (Lipinski definition) is 4. The van der Waals surface area contributed by atoms with E-state index in [4.69, 9.17) is 5.11 Å². The molecule has 1 amide bonds. The van der Waals surface area contributed by atoms with E-state index < -0.39 is 12.1 Å². The number of amides is 1. The van der Waals surface area contributed by atoms with E-state index >= 15 is 0 Å². The summed E-state index contributed by atoms with van der Waals surface area (Å²) in [5.74, 6) is -0.845. The minimum atomic E-state index is -0.841. The van der Waals surface area contributed by atoms with E-state index in [0.717, 1.165) is 0 Å². The number of aliphatic carboxylic acids is 1. The van der Waals surface area contributed by atoms with Crippen molar-refractivity contribution in [3.63, 3.8) is 0 Å². The van der Waals surface area contributed by atoms with Crippen LogP contribution in [0, 0.1) is 5.92 Å². The minimum Gasteiger partial charge on any atom is -0.481 e. The van der Waals surface area contributed by atoms with E-state index in [9.17, 15) is 9.59 Å². The summed E-state index contributed by atoms with van der Waals surface area (Å²) in [4.78, 5) is 20.8. The lowest BCUT2D eigenvalue weighted by molar-refractivity contribution is -0.137. The van der Waals surface area contributed by atoms with Crippen LogP contribution in [0.5, 0.6) is 0 Å². The first kappa shape index (κ1) is 12.4. The maximum absolute atomic E-state index is 10.5. The number of methoxy groups -OCH3 is 1. The number of hydrazone groups is 1. The lowest BCUT2D eigenvalue weighted by Crippen LogP contribution is -2.17. The SMILES string of the molecule is COC(=O)NN=CCC(C)CC(=O)O. The van der Waals surface area contributed by atoms with Gasteiger partial charge in [-0.2, -0.15) is 5.10 Å². The van der Waals surface area contributed by atoms with E-state index in [2.05, 4.69) is 15.3 Å². The van der Waals surface area contributed by atoms with Crippen molar-refractivity contribution in [3.05, 3.63) is 0 Å². The molecule has 0 rings (SSSR count). The number of carboxylic acids is 1. The van der Waals surface area contributed by atoms with Gasteiger partial charge in [0.1, 0.15) is 0 Å². The molecule has 0 aromatic heterocycles. The van der Waals surface area contributed by atoms with Gasteiger partial charge in [-0.15, -0.1) is 0 Å². The number of carboxylic acid groups (broad SMARTS) is 1. The van der Waals surface area contributed by atoms with Crippen LogP contribution in [0.4, 0.5) is 4.79 Å². The third-order valence-corrected chi connectivity index (χ3v) is 1.46. The van der Waals surface area contributed by atoms with Crippen molar-refractivity contribution >= 4 is 18.3 Å². The maximum Gasteiger partial charge on any atom is 0.427 e. The highest BCUT2D eigenvalue weighted by atomic mass is 16.5. The smallest absolute Gasteiger partial charge is 0.427 e. The highest BCUT2D eigenvalue weighted by molar-refractivity contribution is 5.70. The minimum absolute atomic E-state index is 0.00398. The monoisotopic (exact) mass is 202 g/mol. The summed E-state index contributed by atoms with van der Waals surface area (Å²) in [5, 5.41) is 12.0. The molecule has 14 heavy (non-hydrogen) atoms. The van der Waals surface area contributed by atoms with Crippen LogP contribution in [0.15, 0.2) is 5.10 Å². The molecule has 0 aromatic carbocycles. The van der Waals surface area contributed by atoms with E-state index in [1.54, 1.807) is 6.92 Å². The molecule has 1 atom stereocenters. The molecule has 2 N–H and O–H groups in total. The van der Waals surface area contributed by atoms with Crippen LogP contribution in [-0.4, -0.2) is 30.5 Å². The number of hydrogen-bond donors (Lipinski definition) is 2. The lowest BCUT2D eigenvalue weighted by Gasteiger charge is -2.02. The van der Waals surface area contributed by atoms with Crippen molar-refractivity contribution in [1.82, 2.24) is 5.43 Å². The zero-order valence-corrected chi connectivity index (χ0v) is 8.19. The molecule has 80 valence electrons. The van der Waals surface area contributed by atoms with Crippen LogP contribution in [0.25, 0.3) is 0 Å². The second-order valence-electron chi connectivity index (χ2n) is 2.85. The van der Waals surface area contributed by atoms with Gasteiger partial charge >= 0.3 is 12.1 Å². The Morgan fingerprint density at radius 3 is 2.79 bits per heavy atom. The normalized spacial score (nSPS) is 12.4. The standard InChI is InChI=1S/C8H14N2O4/c1-6(5-7(11)12)3-4-9-10-8(13)14-2/h4,6H,3,5H2,1-2H3,(H,10,13)(H,11,12). The summed E-state index contributed by atoms with van der Waals surface area (Å²) in [6.45, 7) is 1.79.